The molecule has 0 bridgehead atoms. The summed E-state index contributed by atoms with van der Waals surface area (Å²) in [6, 6.07) is 29.7. The van der Waals surface area contributed by atoms with E-state index in [0.717, 1.165) is 47.3 Å². The second kappa shape index (κ2) is 9.93. The molecule has 0 aliphatic carbocycles. The largest absolute Gasteiger partial charge is 0.393 e. The molecule has 0 radical (unpaired) electrons. The number of hydrogen-bond acceptors (Lipinski definition) is 8. The van der Waals surface area contributed by atoms with E-state index in [0.29, 0.717) is 11.5 Å². The van der Waals surface area contributed by atoms with Crippen molar-refractivity contribution in [2.24, 2.45) is 0 Å². The normalized spacial score (nSPS) is 14.4. The number of piperazine rings is 1. The molecule has 5 aromatic rings. The minimum atomic E-state index is 0.216. The van der Waals surface area contributed by atoms with Crippen LogP contribution in [0.1, 0.15) is 17.2 Å². The smallest absolute Gasteiger partial charge is 0.189 e. The van der Waals surface area contributed by atoms with Gasteiger partial charge in [-0.15, -0.1) is 0 Å². The minimum Gasteiger partial charge on any atom is -0.393 e. The highest BCUT2D eigenvalue weighted by Crippen LogP contribution is 2.34. The zero-order valence-electron chi connectivity index (χ0n) is 19.8. The molecule has 7 nitrogen and oxygen atoms in total. The van der Waals surface area contributed by atoms with Crippen LogP contribution < -0.4 is 16.0 Å². The van der Waals surface area contributed by atoms with Gasteiger partial charge < -0.3 is 16.0 Å². The minimum absolute atomic E-state index is 0.216. The first-order valence-electron chi connectivity index (χ1n) is 12.1. The van der Waals surface area contributed by atoms with Gasteiger partial charge in [0.1, 0.15) is 12.0 Å². The maximum absolute atomic E-state index is 6.57. The van der Waals surface area contributed by atoms with Crippen LogP contribution in [0.4, 0.5) is 22.5 Å². The number of fused-ring (bicyclic) bond motifs is 1. The molecule has 3 N–H and O–H groups in total. The predicted octanol–water partition coefficient (Wildman–Crippen LogP) is 5.32. The molecule has 2 aromatic heterocycles. The molecule has 1 saturated heterocycles. The van der Waals surface area contributed by atoms with Gasteiger partial charge in [-0.3, -0.25) is 4.90 Å². The number of rotatable bonds is 6. The van der Waals surface area contributed by atoms with Crippen LogP contribution in [-0.2, 0) is 0 Å². The number of aromatic nitrogens is 3. The lowest BCUT2D eigenvalue weighted by atomic mass is 9.96. The van der Waals surface area contributed by atoms with E-state index in [1.807, 2.05) is 18.2 Å². The highest BCUT2D eigenvalue weighted by atomic mass is 32.1. The molecule has 8 heteroatoms. The first-order chi connectivity index (χ1) is 17.8. The lowest BCUT2D eigenvalue weighted by Crippen LogP contribution is -2.48. The lowest BCUT2D eigenvalue weighted by Gasteiger charge is -2.40. The van der Waals surface area contributed by atoms with Crippen molar-refractivity contribution in [3.05, 3.63) is 102 Å². The topological polar surface area (TPSA) is 83.2 Å². The van der Waals surface area contributed by atoms with Crippen LogP contribution >= 0.6 is 11.3 Å². The fourth-order valence-corrected chi connectivity index (χ4v) is 5.71. The Morgan fingerprint density at radius 3 is 2.08 bits per heavy atom. The summed E-state index contributed by atoms with van der Waals surface area (Å²) < 4.78 is 1.12. The summed E-state index contributed by atoms with van der Waals surface area (Å²) in [7, 11) is 0. The van der Waals surface area contributed by atoms with Crippen LogP contribution in [-0.4, -0.2) is 46.0 Å². The number of anilines is 4. The molecule has 0 spiro atoms. The fraction of sp³-hybridized carbons (Fsp3) is 0.179. The molecule has 1 aliphatic rings. The fourth-order valence-electron chi connectivity index (χ4n) is 4.84. The molecule has 3 heterocycles. The third-order valence-electron chi connectivity index (χ3n) is 6.59. The van der Waals surface area contributed by atoms with Gasteiger partial charge in [-0.05, 0) is 23.3 Å². The zero-order chi connectivity index (χ0) is 24.3. The van der Waals surface area contributed by atoms with Crippen molar-refractivity contribution in [2.75, 3.05) is 42.1 Å². The van der Waals surface area contributed by atoms with E-state index in [9.17, 15) is 0 Å². The molecule has 1 fully saturated rings. The first kappa shape index (κ1) is 22.5. The van der Waals surface area contributed by atoms with Gasteiger partial charge in [-0.1, -0.05) is 84.1 Å². The molecule has 36 heavy (non-hydrogen) atoms. The molecule has 3 aromatic carbocycles. The monoisotopic (exact) mass is 493 g/mol. The van der Waals surface area contributed by atoms with Crippen LogP contribution in [0.2, 0.25) is 0 Å². The Morgan fingerprint density at radius 2 is 1.42 bits per heavy atom. The van der Waals surface area contributed by atoms with Crippen LogP contribution in [0.3, 0.4) is 0 Å². The number of benzene rings is 3. The highest BCUT2D eigenvalue weighted by molar-refractivity contribution is 7.22. The number of nitrogens with one attached hydrogen (secondary N) is 1. The Labute approximate surface area is 214 Å². The Bertz CT molecular complexity index is 1370. The summed E-state index contributed by atoms with van der Waals surface area (Å²) in [4.78, 5) is 18.4. The highest BCUT2D eigenvalue weighted by Gasteiger charge is 2.28. The average Bonchev–Trinajstić information content (AvgIpc) is 3.34. The van der Waals surface area contributed by atoms with E-state index in [4.69, 9.17) is 5.73 Å². The van der Waals surface area contributed by atoms with E-state index in [-0.39, 0.29) is 6.04 Å². The predicted molar refractivity (Wildman–Crippen MR) is 148 cm³/mol. The summed E-state index contributed by atoms with van der Waals surface area (Å²) >= 11 is 1.58. The van der Waals surface area contributed by atoms with Gasteiger partial charge in [-0.2, -0.15) is 0 Å². The molecular weight excluding hydrogens is 466 g/mol. The van der Waals surface area contributed by atoms with Crippen molar-refractivity contribution in [2.45, 2.75) is 6.04 Å². The van der Waals surface area contributed by atoms with Crippen molar-refractivity contribution in [3.63, 3.8) is 0 Å². The molecule has 0 unspecified atom stereocenters. The van der Waals surface area contributed by atoms with Crippen LogP contribution in [0.25, 0.3) is 10.2 Å². The number of nitrogen functional groups attached to an aromatic ring is 1. The molecular formula is C28H27N7S. The van der Waals surface area contributed by atoms with E-state index in [1.165, 1.54) is 11.1 Å². The maximum Gasteiger partial charge on any atom is 0.189 e. The van der Waals surface area contributed by atoms with Crippen LogP contribution in [0.5, 0.6) is 0 Å². The summed E-state index contributed by atoms with van der Waals surface area (Å²) in [5.74, 6) is 1.36. The lowest BCUT2D eigenvalue weighted by molar-refractivity contribution is 0.212. The van der Waals surface area contributed by atoms with Crippen molar-refractivity contribution in [1.82, 2.24) is 19.9 Å². The SMILES string of the molecule is Nc1c(Nc2nc3ccccc3s2)ncnc1N1CCN(C(c2ccccc2)c2ccccc2)CC1. The van der Waals surface area contributed by atoms with Crippen molar-refractivity contribution in [3.8, 4) is 0 Å². The summed E-state index contributed by atoms with van der Waals surface area (Å²) in [6.45, 7) is 3.47. The molecule has 0 saturated carbocycles. The summed E-state index contributed by atoms with van der Waals surface area (Å²) in [6.07, 6.45) is 1.57. The number of nitrogens with zero attached hydrogens (tertiary/aromatic N) is 5. The molecule has 6 rings (SSSR count). The first-order valence-corrected chi connectivity index (χ1v) is 12.9. The second-order valence-electron chi connectivity index (χ2n) is 8.82. The van der Waals surface area contributed by atoms with Gasteiger partial charge >= 0.3 is 0 Å². The third-order valence-corrected chi connectivity index (χ3v) is 7.54. The molecule has 0 amide bonds. The quantitative estimate of drug-likeness (QED) is 0.331. The van der Waals surface area contributed by atoms with Crippen molar-refractivity contribution < 1.29 is 0 Å². The van der Waals surface area contributed by atoms with Gasteiger partial charge in [0, 0.05) is 26.2 Å². The number of hydrogen-bond donors (Lipinski definition) is 2. The van der Waals surface area contributed by atoms with E-state index in [2.05, 4.69) is 96.8 Å². The van der Waals surface area contributed by atoms with E-state index < -0.39 is 0 Å². The molecule has 180 valence electrons. The standard InChI is InChI=1S/C28H27N7S/c29-24-26(33-28-32-22-13-7-8-14-23(22)36-28)30-19-31-27(24)35-17-15-34(16-18-35)25(20-9-3-1-4-10-20)21-11-5-2-6-12-21/h1-14,19,25H,15-18,29H2,(H,30,31,32,33). The Balaban J connectivity index is 1.20. The van der Waals surface area contributed by atoms with Crippen molar-refractivity contribution >= 4 is 44.0 Å². The van der Waals surface area contributed by atoms with Crippen LogP contribution in [0.15, 0.2) is 91.3 Å². The Morgan fingerprint density at radius 1 is 0.778 bits per heavy atom. The number of para-hydroxylation sites is 1. The van der Waals surface area contributed by atoms with E-state index >= 15 is 0 Å². The maximum atomic E-state index is 6.57. The van der Waals surface area contributed by atoms with Gasteiger partial charge in [0.2, 0.25) is 0 Å². The van der Waals surface area contributed by atoms with Gasteiger partial charge in [0.05, 0.1) is 16.3 Å². The number of thiazole rings is 1. The third kappa shape index (κ3) is 4.48. The van der Waals surface area contributed by atoms with Crippen LogP contribution in [0, 0.1) is 0 Å². The zero-order valence-corrected chi connectivity index (χ0v) is 20.6. The van der Waals surface area contributed by atoms with E-state index in [1.54, 1.807) is 17.7 Å². The number of nitrogens with two attached hydrogens (primary N) is 1. The Hall–Kier alpha value is -4.01. The van der Waals surface area contributed by atoms with Crippen molar-refractivity contribution in [1.29, 1.82) is 0 Å². The van der Waals surface area contributed by atoms with Gasteiger partial charge in [0.15, 0.2) is 16.8 Å². The Kier molecular flexibility index (Phi) is 6.19. The molecule has 1 aliphatic heterocycles. The summed E-state index contributed by atoms with van der Waals surface area (Å²) in [5.41, 5.74) is 10.7. The van der Waals surface area contributed by atoms with Gasteiger partial charge in [-0.25, -0.2) is 15.0 Å². The summed E-state index contributed by atoms with van der Waals surface area (Å²) in [5, 5.41) is 4.07. The van der Waals surface area contributed by atoms with Gasteiger partial charge in [0.25, 0.3) is 0 Å². The average molecular weight is 494 g/mol. The molecule has 0 atom stereocenters. The second-order valence-corrected chi connectivity index (χ2v) is 9.85.